The molecule has 2 aliphatic heterocycles. The Morgan fingerprint density at radius 1 is 0.857 bits per heavy atom. The molecule has 0 N–H and O–H groups in total. The van der Waals surface area contributed by atoms with Crippen molar-refractivity contribution in [1.29, 1.82) is 0 Å². The monoisotopic (exact) mass is 400 g/mol. The maximum absolute atomic E-state index is 13.4. The molecule has 0 atom stereocenters. The van der Waals surface area contributed by atoms with Crippen molar-refractivity contribution in [3.8, 4) is 11.1 Å². The van der Waals surface area contributed by atoms with Crippen LogP contribution in [0.4, 0.5) is 0 Å². The largest absolute Gasteiger partial charge is 0.379 e. The van der Waals surface area contributed by atoms with Crippen molar-refractivity contribution in [2.75, 3.05) is 45.9 Å². The van der Waals surface area contributed by atoms with E-state index in [1.54, 1.807) is 10.4 Å². The number of sulfonamides is 1. The second-order valence-corrected chi connectivity index (χ2v) is 9.53. The first kappa shape index (κ1) is 19.6. The van der Waals surface area contributed by atoms with Crippen LogP contribution in [0.3, 0.4) is 0 Å². The van der Waals surface area contributed by atoms with Crippen LogP contribution in [0.2, 0.25) is 0 Å². The third-order valence-corrected chi connectivity index (χ3v) is 7.74. The quantitative estimate of drug-likeness (QED) is 0.774. The number of nitrogens with zero attached hydrogens (tertiary/aromatic N) is 2. The van der Waals surface area contributed by atoms with Gasteiger partial charge in [-0.1, -0.05) is 48.5 Å². The van der Waals surface area contributed by atoms with Crippen LogP contribution in [0.5, 0.6) is 0 Å². The Labute approximate surface area is 168 Å². The first-order valence-electron chi connectivity index (χ1n) is 10.1. The highest BCUT2D eigenvalue weighted by atomic mass is 32.2. The summed E-state index contributed by atoms with van der Waals surface area (Å²) in [6, 6.07) is 17.1. The molecule has 0 unspecified atom stereocenters. The SMILES string of the molecule is O=S(=O)(c1ccccc1-c1ccccc1)N1CCC(CN2CCOCC2)CC1. The van der Waals surface area contributed by atoms with Crippen molar-refractivity contribution in [3.63, 3.8) is 0 Å². The van der Waals surface area contributed by atoms with E-state index in [4.69, 9.17) is 4.74 Å². The third kappa shape index (κ3) is 4.30. The summed E-state index contributed by atoms with van der Waals surface area (Å²) in [6.07, 6.45) is 1.84. The predicted octanol–water partition coefficient (Wildman–Crippen LogP) is 3.09. The summed E-state index contributed by atoms with van der Waals surface area (Å²) < 4.78 is 33.8. The standard InChI is InChI=1S/C22H28N2O3S/c25-28(26,22-9-5-4-8-21(22)20-6-2-1-3-7-20)24-12-10-19(11-13-24)18-23-14-16-27-17-15-23/h1-9,19H,10-18H2. The molecule has 0 radical (unpaired) electrons. The molecule has 6 heteroatoms. The smallest absolute Gasteiger partial charge is 0.243 e. The maximum Gasteiger partial charge on any atom is 0.243 e. The average Bonchev–Trinajstić information content (AvgIpc) is 2.75. The summed E-state index contributed by atoms with van der Waals surface area (Å²) in [5.74, 6) is 0.564. The molecular weight excluding hydrogens is 372 g/mol. The minimum absolute atomic E-state index is 0.410. The number of hydrogen-bond acceptors (Lipinski definition) is 4. The van der Waals surface area contributed by atoms with Crippen LogP contribution in [0.1, 0.15) is 12.8 Å². The number of rotatable bonds is 5. The molecular formula is C22H28N2O3S. The number of morpholine rings is 1. The van der Waals surface area contributed by atoms with Gasteiger partial charge in [0.25, 0.3) is 0 Å². The Hall–Kier alpha value is -1.73. The van der Waals surface area contributed by atoms with Crippen molar-refractivity contribution in [2.24, 2.45) is 5.92 Å². The molecule has 2 fully saturated rings. The molecule has 0 spiro atoms. The van der Waals surface area contributed by atoms with E-state index in [1.165, 1.54) is 0 Å². The molecule has 0 saturated carbocycles. The van der Waals surface area contributed by atoms with Crippen molar-refractivity contribution < 1.29 is 13.2 Å². The maximum atomic E-state index is 13.4. The van der Waals surface area contributed by atoms with Gasteiger partial charge >= 0.3 is 0 Å². The normalized spacial score (nSPS) is 20.3. The summed E-state index contributed by atoms with van der Waals surface area (Å²) in [6.45, 7) is 5.84. The van der Waals surface area contributed by atoms with Crippen LogP contribution in [-0.2, 0) is 14.8 Å². The fourth-order valence-corrected chi connectivity index (χ4v) is 5.85. The van der Waals surface area contributed by atoms with E-state index >= 15 is 0 Å². The summed E-state index contributed by atoms with van der Waals surface area (Å²) in [5.41, 5.74) is 1.71. The molecule has 0 aliphatic carbocycles. The number of hydrogen-bond donors (Lipinski definition) is 0. The third-order valence-electron chi connectivity index (χ3n) is 5.78. The highest BCUT2D eigenvalue weighted by Crippen LogP contribution is 2.31. The second-order valence-electron chi connectivity index (χ2n) is 7.62. The Morgan fingerprint density at radius 3 is 2.21 bits per heavy atom. The van der Waals surface area contributed by atoms with Gasteiger partial charge in [-0.05, 0) is 30.4 Å². The minimum Gasteiger partial charge on any atom is -0.379 e. The van der Waals surface area contributed by atoms with E-state index in [-0.39, 0.29) is 0 Å². The Morgan fingerprint density at radius 2 is 1.50 bits per heavy atom. The fourth-order valence-electron chi connectivity index (χ4n) is 4.17. The summed E-state index contributed by atoms with van der Waals surface area (Å²) in [4.78, 5) is 2.86. The molecule has 28 heavy (non-hydrogen) atoms. The van der Waals surface area contributed by atoms with Crippen molar-refractivity contribution in [2.45, 2.75) is 17.7 Å². The van der Waals surface area contributed by atoms with Crippen molar-refractivity contribution in [1.82, 2.24) is 9.21 Å². The van der Waals surface area contributed by atoms with Crippen LogP contribution in [0, 0.1) is 5.92 Å². The predicted molar refractivity (Wildman–Crippen MR) is 111 cm³/mol. The van der Waals surface area contributed by atoms with E-state index in [1.807, 2.05) is 48.5 Å². The number of ether oxygens (including phenoxy) is 1. The lowest BCUT2D eigenvalue weighted by Gasteiger charge is -2.35. The highest BCUT2D eigenvalue weighted by molar-refractivity contribution is 7.89. The van der Waals surface area contributed by atoms with Crippen LogP contribution in [-0.4, -0.2) is 63.6 Å². The first-order valence-corrected chi connectivity index (χ1v) is 11.5. The zero-order chi connectivity index (χ0) is 19.4. The lowest BCUT2D eigenvalue weighted by atomic mass is 9.97. The van der Waals surface area contributed by atoms with E-state index < -0.39 is 10.0 Å². The molecule has 2 heterocycles. The van der Waals surface area contributed by atoms with E-state index in [9.17, 15) is 8.42 Å². The Balaban J connectivity index is 1.47. The number of benzene rings is 2. The van der Waals surface area contributed by atoms with Crippen LogP contribution in [0.15, 0.2) is 59.5 Å². The number of piperidine rings is 1. The Kier molecular flexibility index (Phi) is 6.11. The van der Waals surface area contributed by atoms with Crippen molar-refractivity contribution >= 4 is 10.0 Å². The summed E-state index contributed by atoms with van der Waals surface area (Å²) in [5, 5.41) is 0. The van der Waals surface area contributed by atoms with Gasteiger partial charge in [-0.2, -0.15) is 4.31 Å². The molecule has 0 aromatic heterocycles. The highest BCUT2D eigenvalue weighted by Gasteiger charge is 2.31. The first-order chi connectivity index (χ1) is 13.6. The molecule has 2 aromatic carbocycles. The molecule has 0 bridgehead atoms. The van der Waals surface area contributed by atoms with Gasteiger partial charge in [-0.3, -0.25) is 4.90 Å². The molecule has 150 valence electrons. The van der Waals surface area contributed by atoms with Gasteiger partial charge in [0.1, 0.15) is 0 Å². The van der Waals surface area contributed by atoms with Gasteiger partial charge in [-0.15, -0.1) is 0 Å². The van der Waals surface area contributed by atoms with Gasteiger partial charge in [0, 0.05) is 38.3 Å². The Bertz CT molecular complexity index is 872. The topological polar surface area (TPSA) is 49.9 Å². The molecule has 2 aromatic rings. The van der Waals surface area contributed by atoms with Gasteiger partial charge < -0.3 is 4.74 Å². The van der Waals surface area contributed by atoms with Gasteiger partial charge in [0.05, 0.1) is 18.1 Å². The molecule has 2 saturated heterocycles. The minimum atomic E-state index is -3.50. The molecule has 0 amide bonds. The van der Waals surface area contributed by atoms with E-state index in [0.717, 1.165) is 56.8 Å². The van der Waals surface area contributed by atoms with Crippen LogP contribution < -0.4 is 0 Å². The van der Waals surface area contributed by atoms with Gasteiger partial charge in [0.15, 0.2) is 0 Å². The summed E-state index contributed by atoms with van der Waals surface area (Å²) in [7, 11) is -3.50. The van der Waals surface area contributed by atoms with Crippen LogP contribution >= 0.6 is 0 Å². The lowest BCUT2D eigenvalue weighted by Crippen LogP contribution is -2.44. The lowest BCUT2D eigenvalue weighted by molar-refractivity contribution is 0.0269. The zero-order valence-corrected chi connectivity index (χ0v) is 17.0. The molecule has 2 aliphatic rings. The zero-order valence-electron chi connectivity index (χ0n) is 16.2. The summed E-state index contributed by atoms with van der Waals surface area (Å²) >= 11 is 0. The fraction of sp³-hybridized carbons (Fsp3) is 0.455. The van der Waals surface area contributed by atoms with E-state index in [2.05, 4.69) is 4.90 Å². The van der Waals surface area contributed by atoms with Crippen LogP contribution in [0.25, 0.3) is 11.1 Å². The average molecular weight is 401 g/mol. The molecule has 5 nitrogen and oxygen atoms in total. The van der Waals surface area contributed by atoms with Gasteiger partial charge in [-0.25, -0.2) is 8.42 Å². The molecule has 4 rings (SSSR count). The van der Waals surface area contributed by atoms with Gasteiger partial charge in [0.2, 0.25) is 10.0 Å². The van der Waals surface area contributed by atoms with E-state index in [0.29, 0.717) is 23.9 Å². The van der Waals surface area contributed by atoms with Crippen molar-refractivity contribution in [3.05, 3.63) is 54.6 Å². The second kappa shape index (κ2) is 8.74.